The van der Waals surface area contributed by atoms with E-state index >= 15 is 0 Å². The zero-order valence-electron chi connectivity index (χ0n) is 11.0. The van der Waals surface area contributed by atoms with Crippen molar-refractivity contribution in [2.45, 2.75) is 38.7 Å². The second-order valence-electron chi connectivity index (χ2n) is 5.23. The summed E-state index contributed by atoms with van der Waals surface area (Å²) in [4.78, 5) is 0. The molecular formula is C17H20O. The Labute approximate surface area is 109 Å². The Balaban J connectivity index is 1.95. The molecule has 1 saturated heterocycles. The lowest BCUT2D eigenvalue weighted by molar-refractivity contribution is 0.0570. The van der Waals surface area contributed by atoms with Crippen molar-refractivity contribution in [3.8, 4) is 0 Å². The molecule has 1 heteroatoms. The molecule has 1 heterocycles. The molecule has 0 amide bonds. The van der Waals surface area contributed by atoms with Crippen LogP contribution in [-0.2, 0) is 4.74 Å². The molecule has 1 aromatic rings. The molecule has 1 aliphatic heterocycles. The minimum Gasteiger partial charge on any atom is -0.373 e. The monoisotopic (exact) mass is 240 g/mol. The summed E-state index contributed by atoms with van der Waals surface area (Å²) in [6, 6.07) is 8.60. The van der Waals surface area contributed by atoms with Crippen molar-refractivity contribution in [2.24, 2.45) is 0 Å². The quantitative estimate of drug-likeness (QED) is 0.712. The van der Waals surface area contributed by atoms with Crippen LogP contribution in [0, 0.1) is 6.92 Å². The Morgan fingerprint density at radius 2 is 2.17 bits per heavy atom. The fraction of sp³-hybridized carbons (Fsp3) is 0.412. The van der Waals surface area contributed by atoms with E-state index in [2.05, 4.69) is 43.3 Å². The van der Waals surface area contributed by atoms with Gasteiger partial charge < -0.3 is 4.74 Å². The average Bonchev–Trinajstić information content (AvgIpc) is 2.42. The van der Waals surface area contributed by atoms with Crippen LogP contribution in [0.1, 0.15) is 36.8 Å². The molecule has 0 aromatic heterocycles. The predicted octanol–water partition coefficient (Wildman–Crippen LogP) is 4.28. The van der Waals surface area contributed by atoms with E-state index in [4.69, 9.17) is 4.74 Å². The lowest BCUT2D eigenvalue weighted by Crippen LogP contribution is -2.25. The van der Waals surface area contributed by atoms with Crippen molar-refractivity contribution in [1.82, 2.24) is 0 Å². The molecule has 0 N–H and O–H groups in total. The van der Waals surface area contributed by atoms with Crippen molar-refractivity contribution in [3.05, 3.63) is 52.6 Å². The standard InChI is InChI=1S/C17H20O/c1-13-6-2-3-7-14(13)12-15-10-11-18-17-9-5-4-8-16(15)17/h2-3,6-8,12,17H,4-5,9-11H2,1H3/b15-12+. The third kappa shape index (κ3) is 2.28. The second kappa shape index (κ2) is 5.11. The van der Waals surface area contributed by atoms with E-state index in [1.165, 1.54) is 41.5 Å². The van der Waals surface area contributed by atoms with Gasteiger partial charge in [-0.05, 0) is 54.9 Å². The van der Waals surface area contributed by atoms with E-state index in [1.807, 2.05) is 0 Å². The van der Waals surface area contributed by atoms with Gasteiger partial charge in [-0.2, -0.15) is 0 Å². The third-order valence-corrected chi connectivity index (χ3v) is 3.96. The van der Waals surface area contributed by atoms with Gasteiger partial charge in [0.1, 0.15) is 0 Å². The maximum Gasteiger partial charge on any atom is 0.0824 e. The summed E-state index contributed by atoms with van der Waals surface area (Å²) in [7, 11) is 0. The molecule has 2 aliphatic rings. The predicted molar refractivity (Wildman–Crippen MR) is 75.4 cm³/mol. The summed E-state index contributed by atoms with van der Waals surface area (Å²) in [5.41, 5.74) is 5.64. The molecule has 1 aliphatic carbocycles. The lowest BCUT2D eigenvalue weighted by Gasteiger charge is -2.31. The minimum absolute atomic E-state index is 0.364. The molecular weight excluding hydrogens is 220 g/mol. The van der Waals surface area contributed by atoms with Crippen molar-refractivity contribution in [2.75, 3.05) is 6.61 Å². The summed E-state index contributed by atoms with van der Waals surface area (Å²) >= 11 is 0. The molecule has 0 radical (unpaired) electrons. The van der Waals surface area contributed by atoms with Gasteiger partial charge in [0.2, 0.25) is 0 Å². The smallest absolute Gasteiger partial charge is 0.0824 e. The summed E-state index contributed by atoms with van der Waals surface area (Å²) < 4.78 is 5.87. The topological polar surface area (TPSA) is 9.23 Å². The zero-order chi connectivity index (χ0) is 12.4. The third-order valence-electron chi connectivity index (χ3n) is 3.96. The summed E-state index contributed by atoms with van der Waals surface area (Å²) in [5, 5.41) is 0. The Morgan fingerprint density at radius 3 is 3.06 bits per heavy atom. The zero-order valence-corrected chi connectivity index (χ0v) is 11.0. The maximum absolute atomic E-state index is 5.87. The second-order valence-corrected chi connectivity index (χ2v) is 5.23. The SMILES string of the molecule is Cc1ccccc1/C=C1\CCOC2CCCC=C12. The normalized spacial score (nSPS) is 25.7. The fourth-order valence-electron chi connectivity index (χ4n) is 2.91. The van der Waals surface area contributed by atoms with Crippen LogP contribution in [0.3, 0.4) is 0 Å². The Morgan fingerprint density at radius 1 is 1.28 bits per heavy atom. The molecule has 0 saturated carbocycles. The lowest BCUT2D eigenvalue weighted by atomic mass is 9.86. The van der Waals surface area contributed by atoms with Crippen LogP contribution in [0.25, 0.3) is 6.08 Å². The van der Waals surface area contributed by atoms with Crippen LogP contribution in [0.15, 0.2) is 41.5 Å². The molecule has 0 bridgehead atoms. The molecule has 1 nitrogen and oxygen atoms in total. The Bertz CT molecular complexity index is 496. The van der Waals surface area contributed by atoms with Gasteiger partial charge in [0.25, 0.3) is 0 Å². The van der Waals surface area contributed by atoms with Gasteiger partial charge in [-0.1, -0.05) is 36.4 Å². The van der Waals surface area contributed by atoms with E-state index < -0.39 is 0 Å². The number of hydrogen-bond acceptors (Lipinski definition) is 1. The molecule has 1 aromatic carbocycles. The van der Waals surface area contributed by atoms with Gasteiger partial charge in [-0.15, -0.1) is 0 Å². The van der Waals surface area contributed by atoms with Gasteiger partial charge in [0.15, 0.2) is 0 Å². The number of ether oxygens (including phenoxy) is 1. The molecule has 1 fully saturated rings. The Hall–Kier alpha value is -1.34. The number of fused-ring (bicyclic) bond motifs is 1. The molecule has 94 valence electrons. The first-order chi connectivity index (χ1) is 8.84. The van der Waals surface area contributed by atoms with Gasteiger partial charge in [0, 0.05) is 0 Å². The van der Waals surface area contributed by atoms with Crippen LogP contribution in [0.4, 0.5) is 0 Å². The number of allylic oxidation sites excluding steroid dienone is 1. The van der Waals surface area contributed by atoms with Gasteiger partial charge in [-0.3, -0.25) is 0 Å². The highest BCUT2D eigenvalue weighted by Gasteiger charge is 2.25. The van der Waals surface area contributed by atoms with E-state index in [-0.39, 0.29) is 0 Å². The van der Waals surface area contributed by atoms with Crippen LogP contribution in [-0.4, -0.2) is 12.7 Å². The first-order valence-corrected chi connectivity index (χ1v) is 6.93. The largest absolute Gasteiger partial charge is 0.373 e. The van der Waals surface area contributed by atoms with E-state index in [0.717, 1.165) is 13.0 Å². The highest BCUT2D eigenvalue weighted by molar-refractivity contribution is 5.62. The average molecular weight is 240 g/mol. The molecule has 0 spiro atoms. The van der Waals surface area contributed by atoms with Crippen molar-refractivity contribution in [1.29, 1.82) is 0 Å². The Kier molecular flexibility index (Phi) is 3.33. The molecule has 3 rings (SSSR count). The number of hydrogen-bond donors (Lipinski definition) is 0. The van der Waals surface area contributed by atoms with Crippen molar-refractivity contribution in [3.63, 3.8) is 0 Å². The molecule has 1 atom stereocenters. The van der Waals surface area contributed by atoms with Crippen LogP contribution < -0.4 is 0 Å². The number of benzene rings is 1. The van der Waals surface area contributed by atoms with E-state index in [9.17, 15) is 0 Å². The maximum atomic E-state index is 5.87. The highest BCUT2D eigenvalue weighted by Crippen LogP contribution is 2.34. The van der Waals surface area contributed by atoms with Crippen molar-refractivity contribution >= 4 is 6.08 Å². The van der Waals surface area contributed by atoms with E-state index in [1.54, 1.807) is 0 Å². The van der Waals surface area contributed by atoms with Crippen LogP contribution in [0.5, 0.6) is 0 Å². The summed E-state index contributed by atoms with van der Waals surface area (Å²) in [6.07, 6.45) is 9.84. The first kappa shape index (κ1) is 11.7. The molecule has 1 unspecified atom stereocenters. The molecule has 18 heavy (non-hydrogen) atoms. The van der Waals surface area contributed by atoms with Crippen LogP contribution >= 0.6 is 0 Å². The highest BCUT2D eigenvalue weighted by atomic mass is 16.5. The minimum atomic E-state index is 0.364. The number of aryl methyl sites for hydroxylation is 1. The van der Waals surface area contributed by atoms with E-state index in [0.29, 0.717) is 6.10 Å². The number of rotatable bonds is 1. The van der Waals surface area contributed by atoms with Gasteiger partial charge in [0.05, 0.1) is 12.7 Å². The first-order valence-electron chi connectivity index (χ1n) is 6.93. The van der Waals surface area contributed by atoms with Crippen molar-refractivity contribution < 1.29 is 4.74 Å². The van der Waals surface area contributed by atoms with Gasteiger partial charge >= 0.3 is 0 Å². The van der Waals surface area contributed by atoms with Crippen LogP contribution in [0.2, 0.25) is 0 Å². The van der Waals surface area contributed by atoms with Gasteiger partial charge in [-0.25, -0.2) is 0 Å². The summed E-state index contributed by atoms with van der Waals surface area (Å²) in [6.45, 7) is 3.05. The summed E-state index contributed by atoms with van der Waals surface area (Å²) in [5.74, 6) is 0. The fourth-order valence-corrected chi connectivity index (χ4v) is 2.91.